The standard InChI is InChI=1S/C10H12O/c1-8-7-11-9-5-3-4-6-10(8,9)2/h3-6,8-9H,1-2H3. The molecule has 2 aliphatic rings. The largest absolute Gasteiger partial charge is 0.360 e. The van der Waals surface area contributed by atoms with Crippen LogP contribution in [-0.4, -0.2) is 6.10 Å². The average molecular weight is 148 g/mol. The minimum atomic E-state index is 0.148. The lowest BCUT2D eigenvalue weighted by molar-refractivity contribution is 0.142. The van der Waals surface area contributed by atoms with Crippen LogP contribution in [-0.2, 0) is 4.74 Å². The second kappa shape index (κ2) is 2.21. The van der Waals surface area contributed by atoms with Gasteiger partial charge in [-0.3, -0.25) is 0 Å². The monoisotopic (exact) mass is 148 g/mol. The van der Waals surface area contributed by atoms with Gasteiger partial charge in [-0.05, 0) is 0 Å². The second-order valence-electron chi connectivity index (χ2n) is 3.49. The highest BCUT2D eigenvalue weighted by Gasteiger charge is 2.43. The molecule has 58 valence electrons. The molecule has 1 aliphatic carbocycles. The van der Waals surface area contributed by atoms with Gasteiger partial charge >= 0.3 is 0 Å². The lowest BCUT2D eigenvalue weighted by atomic mass is 9.74. The Morgan fingerprint density at radius 1 is 1.45 bits per heavy atom. The van der Waals surface area contributed by atoms with Gasteiger partial charge in [0, 0.05) is 11.3 Å². The van der Waals surface area contributed by atoms with Gasteiger partial charge in [0.25, 0.3) is 0 Å². The molecular formula is C10H12O. The maximum atomic E-state index is 5.38. The second-order valence-corrected chi connectivity index (χ2v) is 3.49. The fourth-order valence-electron chi connectivity index (χ4n) is 1.59. The van der Waals surface area contributed by atoms with E-state index in [2.05, 4.69) is 38.7 Å². The molecule has 1 aliphatic heterocycles. The first-order valence-electron chi connectivity index (χ1n) is 4.01. The van der Waals surface area contributed by atoms with E-state index in [-0.39, 0.29) is 11.5 Å². The van der Waals surface area contributed by atoms with Gasteiger partial charge < -0.3 is 4.74 Å². The number of fused-ring (bicyclic) bond motifs is 1. The highest BCUT2D eigenvalue weighted by Crippen LogP contribution is 2.44. The third-order valence-corrected chi connectivity index (χ3v) is 2.77. The molecule has 0 amide bonds. The van der Waals surface area contributed by atoms with Gasteiger partial charge in [-0.2, -0.15) is 0 Å². The summed E-state index contributed by atoms with van der Waals surface area (Å²) in [5.41, 5.74) is 0.148. The van der Waals surface area contributed by atoms with E-state index >= 15 is 0 Å². The van der Waals surface area contributed by atoms with Crippen LogP contribution >= 0.6 is 0 Å². The Bertz CT molecular complexity index is 217. The van der Waals surface area contributed by atoms with Crippen molar-refractivity contribution < 1.29 is 4.74 Å². The summed E-state index contributed by atoms with van der Waals surface area (Å²) in [5.74, 6) is 0.397. The summed E-state index contributed by atoms with van der Waals surface area (Å²) in [7, 11) is 0. The summed E-state index contributed by atoms with van der Waals surface area (Å²) in [6.07, 6.45) is 8.64. The lowest BCUT2D eigenvalue weighted by Crippen LogP contribution is -2.29. The molecule has 3 unspecified atom stereocenters. The topological polar surface area (TPSA) is 9.23 Å². The van der Waals surface area contributed by atoms with Gasteiger partial charge in [0.2, 0.25) is 0 Å². The quantitative estimate of drug-likeness (QED) is 0.511. The molecule has 2 rings (SSSR count). The summed E-state index contributed by atoms with van der Waals surface area (Å²) in [5, 5.41) is 0. The fourth-order valence-corrected chi connectivity index (χ4v) is 1.59. The Morgan fingerprint density at radius 3 is 3.00 bits per heavy atom. The Labute approximate surface area is 67.7 Å². The number of rotatable bonds is 0. The van der Waals surface area contributed by atoms with E-state index in [0.29, 0.717) is 5.92 Å². The number of hydrogen-bond donors (Lipinski definition) is 0. The Morgan fingerprint density at radius 2 is 2.27 bits per heavy atom. The molecule has 1 fully saturated rings. The summed E-state index contributed by atoms with van der Waals surface area (Å²) in [6.45, 7) is 7.35. The van der Waals surface area contributed by atoms with Crippen molar-refractivity contribution in [1.29, 1.82) is 0 Å². The fraction of sp³-hybridized carbons (Fsp3) is 0.500. The van der Waals surface area contributed by atoms with Gasteiger partial charge in [-0.15, -0.1) is 0 Å². The minimum absolute atomic E-state index is 0.148. The Balaban J connectivity index is 2.33. The molecule has 0 spiro atoms. The maximum absolute atomic E-state index is 5.38. The van der Waals surface area contributed by atoms with E-state index in [1.54, 1.807) is 0 Å². The van der Waals surface area contributed by atoms with Gasteiger partial charge in [-0.25, -0.2) is 0 Å². The molecule has 1 saturated heterocycles. The van der Waals surface area contributed by atoms with Crippen LogP contribution in [0.3, 0.4) is 0 Å². The molecule has 0 saturated carbocycles. The van der Waals surface area contributed by atoms with E-state index in [4.69, 9.17) is 4.74 Å². The molecule has 1 heteroatoms. The molecule has 2 radical (unpaired) electrons. The first kappa shape index (κ1) is 7.11. The van der Waals surface area contributed by atoms with Crippen LogP contribution in [0.4, 0.5) is 0 Å². The first-order valence-corrected chi connectivity index (χ1v) is 4.01. The van der Waals surface area contributed by atoms with E-state index in [1.807, 2.05) is 6.08 Å². The molecule has 0 aromatic heterocycles. The molecule has 3 atom stereocenters. The first-order chi connectivity index (χ1) is 5.23. The predicted octanol–water partition coefficient (Wildman–Crippen LogP) is 2.19. The van der Waals surface area contributed by atoms with E-state index in [0.717, 1.165) is 0 Å². The number of hydrogen-bond acceptors (Lipinski definition) is 1. The van der Waals surface area contributed by atoms with E-state index < -0.39 is 0 Å². The van der Waals surface area contributed by atoms with Crippen molar-refractivity contribution in [2.75, 3.05) is 0 Å². The molecule has 0 aromatic rings. The summed E-state index contributed by atoms with van der Waals surface area (Å²) in [4.78, 5) is 0. The van der Waals surface area contributed by atoms with Crippen molar-refractivity contribution in [3.05, 3.63) is 30.9 Å². The molecule has 0 bridgehead atoms. The van der Waals surface area contributed by atoms with Crippen LogP contribution in [0, 0.1) is 17.9 Å². The summed E-state index contributed by atoms with van der Waals surface area (Å²) >= 11 is 0. The summed E-state index contributed by atoms with van der Waals surface area (Å²) < 4.78 is 5.38. The van der Waals surface area contributed by atoms with Crippen LogP contribution in [0.5, 0.6) is 0 Å². The van der Waals surface area contributed by atoms with Gasteiger partial charge in [-0.1, -0.05) is 38.2 Å². The van der Waals surface area contributed by atoms with Crippen molar-refractivity contribution in [2.45, 2.75) is 20.0 Å². The molecule has 0 aromatic carbocycles. The third kappa shape index (κ3) is 0.875. The van der Waals surface area contributed by atoms with Crippen molar-refractivity contribution in [3.8, 4) is 0 Å². The number of ether oxygens (including phenoxy) is 1. The third-order valence-electron chi connectivity index (χ3n) is 2.77. The van der Waals surface area contributed by atoms with E-state index in [1.165, 1.54) is 0 Å². The van der Waals surface area contributed by atoms with Gasteiger partial charge in [0.1, 0.15) is 6.61 Å². The van der Waals surface area contributed by atoms with Crippen LogP contribution in [0.15, 0.2) is 24.3 Å². The zero-order chi connectivity index (χ0) is 7.90. The maximum Gasteiger partial charge on any atom is 0.137 e. The minimum Gasteiger partial charge on any atom is -0.360 e. The molecule has 11 heavy (non-hydrogen) atoms. The smallest absolute Gasteiger partial charge is 0.137 e. The van der Waals surface area contributed by atoms with Crippen LogP contribution in [0.25, 0.3) is 0 Å². The SMILES string of the molecule is CC1[C]OC2C=CC=CC12C. The Hall–Kier alpha value is -0.560. The van der Waals surface area contributed by atoms with Crippen LogP contribution in [0.2, 0.25) is 0 Å². The highest BCUT2D eigenvalue weighted by molar-refractivity contribution is 5.24. The van der Waals surface area contributed by atoms with Crippen molar-refractivity contribution in [3.63, 3.8) is 0 Å². The lowest BCUT2D eigenvalue weighted by Gasteiger charge is -2.29. The van der Waals surface area contributed by atoms with Crippen molar-refractivity contribution in [1.82, 2.24) is 0 Å². The predicted molar refractivity (Wildman–Crippen MR) is 43.7 cm³/mol. The van der Waals surface area contributed by atoms with Crippen LogP contribution in [0.1, 0.15) is 13.8 Å². The normalized spacial score (nSPS) is 47.8. The molecule has 0 N–H and O–H groups in total. The van der Waals surface area contributed by atoms with E-state index in [9.17, 15) is 0 Å². The summed E-state index contributed by atoms with van der Waals surface area (Å²) in [6, 6.07) is 0. The van der Waals surface area contributed by atoms with Crippen LogP contribution < -0.4 is 0 Å². The average Bonchev–Trinajstić information content (AvgIpc) is 2.29. The number of allylic oxidation sites excluding steroid dienone is 2. The molecular weight excluding hydrogens is 136 g/mol. The van der Waals surface area contributed by atoms with Crippen molar-refractivity contribution >= 4 is 0 Å². The Kier molecular flexibility index (Phi) is 1.43. The zero-order valence-electron chi connectivity index (χ0n) is 6.87. The van der Waals surface area contributed by atoms with Gasteiger partial charge in [0.15, 0.2) is 0 Å². The van der Waals surface area contributed by atoms with Crippen molar-refractivity contribution in [2.24, 2.45) is 11.3 Å². The zero-order valence-corrected chi connectivity index (χ0v) is 6.87. The molecule has 1 nitrogen and oxygen atoms in total. The van der Waals surface area contributed by atoms with Gasteiger partial charge in [0.05, 0.1) is 6.10 Å². The molecule has 1 heterocycles. The highest BCUT2D eigenvalue weighted by atomic mass is 16.5.